The number of primary amides is 1. The van der Waals surface area contributed by atoms with Gasteiger partial charge >= 0.3 is 5.97 Å². The Kier molecular flexibility index (Phi) is 15.3. The summed E-state index contributed by atoms with van der Waals surface area (Å²) in [6, 6.07) is -3.29. The molecule has 0 aromatic heterocycles. The molecule has 0 rings (SSSR count). The predicted molar refractivity (Wildman–Crippen MR) is 124 cm³/mol. The van der Waals surface area contributed by atoms with E-state index in [4.69, 9.17) is 28.7 Å². The Morgan fingerprint density at radius 2 is 1.50 bits per heavy atom. The van der Waals surface area contributed by atoms with Crippen molar-refractivity contribution in [1.82, 2.24) is 16.0 Å². The summed E-state index contributed by atoms with van der Waals surface area (Å²) in [4.78, 5) is 63.0. The molecule has 34 heavy (non-hydrogen) atoms. The number of hydrogen-bond acceptors (Lipinski definition) is 8. The Bertz CT molecular complexity index is 727. The number of carbonyl (C=O) groups excluding carboxylic acids is 4. The molecule has 15 heteroatoms. The van der Waals surface area contributed by atoms with Crippen molar-refractivity contribution < 1.29 is 29.1 Å². The second-order valence-electron chi connectivity index (χ2n) is 7.58. The van der Waals surface area contributed by atoms with Gasteiger partial charge in [0.1, 0.15) is 12.1 Å². The molecule has 0 fully saturated rings. The summed E-state index contributed by atoms with van der Waals surface area (Å²) in [6.45, 7) is 0.0909. The van der Waals surface area contributed by atoms with Crippen LogP contribution in [0.5, 0.6) is 0 Å². The van der Waals surface area contributed by atoms with Crippen molar-refractivity contribution in [3.8, 4) is 0 Å². The average Bonchev–Trinajstić information content (AvgIpc) is 2.76. The van der Waals surface area contributed by atoms with Gasteiger partial charge in [0.25, 0.3) is 0 Å². The van der Waals surface area contributed by atoms with E-state index < -0.39 is 54.3 Å². The number of guanidine groups is 1. The third kappa shape index (κ3) is 14.6. The summed E-state index contributed by atoms with van der Waals surface area (Å²) in [5.74, 6) is -4.04. The molecule has 0 bridgehead atoms. The number of carbonyl (C=O) groups is 5. The van der Waals surface area contributed by atoms with Crippen LogP contribution in [-0.2, 0) is 24.0 Å². The number of nitrogens with zero attached hydrogens (tertiary/aromatic N) is 1. The van der Waals surface area contributed by atoms with E-state index in [9.17, 15) is 29.1 Å². The number of nitrogens with one attached hydrogen (secondary N) is 3. The van der Waals surface area contributed by atoms with Gasteiger partial charge in [0.2, 0.25) is 23.6 Å². The van der Waals surface area contributed by atoms with Gasteiger partial charge in [-0.2, -0.15) is 0 Å². The number of carboxylic acid groups (broad SMARTS) is 1. The fourth-order valence-corrected chi connectivity index (χ4v) is 2.77. The monoisotopic (exact) mass is 487 g/mol. The molecule has 0 aromatic carbocycles. The minimum Gasteiger partial charge on any atom is -0.480 e. The van der Waals surface area contributed by atoms with Crippen LogP contribution in [0.25, 0.3) is 0 Å². The van der Waals surface area contributed by atoms with Gasteiger partial charge in [-0.25, -0.2) is 4.79 Å². The molecule has 15 nitrogen and oxygen atoms in total. The second kappa shape index (κ2) is 17.1. The molecule has 0 radical (unpaired) electrons. The van der Waals surface area contributed by atoms with Crippen LogP contribution in [0.15, 0.2) is 4.99 Å². The van der Waals surface area contributed by atoms with Gasteiger partial charge in [-0.15, -0.1) is 0 Å². The Labute approximate surface area is 197 Å². The lowest BCUT2D eigenvalue weighted by Crippen LogP contribution is -2.53. The molecule has 0 aliphatic heterocycles. The number of aliphatic carboxylic acids is 1. The van der Waals surface area contributed by atoms with Crippen LogP contribution >= 0.6 is 0 Å². The van der Waals surface area contributed by atoms with Gasteiger partial charge < -0.3 is 49.7 Å². The van der Waals surface area contributed by atoms with Gasteiger partial charge in [0.15, 0.2) is 5.96 Å². The van der Waals surface area contributed by atoms with Gasteiger partial charge in [-0.05, 0) is 45.1 Å². The summed E-state index contributed by atoms with van der Waals surface area (Å²) in [6.07, 6.45) is 1.61. The summed E-state index contributed by atoms with van der Waals surface area (Å²) >= 11 is 0. The van der Waals surface area contributed by atoms with Gasteiger partial charge in [0.05, 0.1) is 12.6 Å². The van der Waals surface area contributed by atoms with E-state index >= 15 is 0 Å². The molecule has 0 heterocycles. The number of nitrogens with two attached hydrogens (primary N) is 5. The van der Waals surface area contributed by atoms with Crippen molar-refractivity contribution in [2.24, 2.45) is 33.7 Å². The number of aliphatic imine (C=N–C) groups is 1. The molecule has 0 aliphatic rings. The lowest BCUT2D eigenvalue weighted by atomic mass is 10.1. The lowest BCUT2D eigenvalue weighted by Gasteiger charge is -2.21. The Balaban J connectivity index is 5.01. The standard InChI is InChI=1S/C19H37N9O6/c20-8-2-1-4-13(18(33)34)28-17(32)12(5-3-9-25-19(23)24)27-15(30)10-26-16(31)11(21)6-7-14(22)29/h11-13H,1-10,20-21H2,(H2,22,29)(H,26,31)(H,27,30)(H,28,32)(H,33,34)(H4,23,24,25). The fraction of sp³-hybridized carbons (Fsp3) is 0.684. The SMILES string of the molecule is NCCCCC(NC(=O)C(CCCN=C(N)N)NC(=O)CNC(=O)C(N)CCC(N)=O)C(=O)O. The number of carboxylic acids is 1. The van der Waals surface area contributed by atoms with Gasteiger partial charge in [-0.1, -0.05) is 0 Å². The minimum atomic E-state index is -1.21. The van der Waals surface area contributed by atoms with E-state index in [1.807, 2.05) is 0 Å². The first-order valence-electron chi connectivity index (χ1n) is 10.9. The zero-order valence-corrected chi connectivity index (χ0v) is 19.1. The molecular formula is C19H37N9O6. The number of amides is 4. The van der Waals surface area contributed by atoms with Crippen LogP contribution in [0.2, 0.25) is 0 Å². The number of unbranched alkanes of at least 4 members (excludes halogenated alkanes) is 1. The van der Waals surface area contributed by atoms with E-state index in [0.717, 1.165) is 0 Å². The summed E-state index contributed by atoms with van der Waals surface area (Å²) in [5, 5.41) is 16.5. The van der Waals surface area contributed by atoms with Crippen LogP contribution in [0.4, 0.5) is 0 Å². The first-order chi connectivity index (χ1) is 16.0. The second-order valence-corrected chi connectivity index (χ2v) is 7.58. The average molecular weight is 488 g/mol. The van der Waals surface area contributed by atoms with Crippen LogP contribution in [0, 0.1) is 0 Å². The summed E-state index contributed by atoms with van der Waals surface area (Å²) < 4.78 is 0. The lowest BCUT2D eigenvalue weighted by molar-refractivity contribution is -0.142. The normalized spacial score (nSPS) is 13.1. The van der Waals surface area contributed by atoms with Crippen molar-refractivity contribution in [1.29, 1.82) is 0 Å². The minimum absolute atomic E-state index is 0.0132. The highest BCUT2D eigenvalue weighted by atomic mass is 16.4. The highest BCUT2D eigenvalue weighted by Gasteiger charge is 2.26. The Hall–Kier alpha value is -3.46. The van der Waals surface area contributed by atoms with Crippen molar-refractivity contribution in [3.05, 3.63) is 0 Å². The van der Waals surface area contributed by atoms with Crippen molar-refractivity contribution in [3.63, 3.8) is 0 Å². The first-order valence-corrected chi connectivity index (χ1v) is 10.9. The van der Waals surface area contributed by atoms with Crippen LogP contribution in [0.1, 0.15) is 44.9 Å². The fourth-order valence-electron chi connectivity index (χ4n) is 2.77. The quantitative estimate of drug-likeness (QED) is 0.0511. The molecule has 3 atom stereocenters. The molecule has 0 aliphatic carbocycles. The Morgan fingerprint density at radius 3 is 2.06 bits per heavy atom. The molecule has 194 valence electrons. The van der Waals surface area contributed by atoms with E-state index in [-0.39, 0.29) is 38.2 Å². The highest BCUT2D eigenvalue weighted by Crippen LogP contribution is 2.04. The molecule has 0 saturated carbocycles. The molecule has 14 N–H and O–H groups in total. The third-order valence-corrected chi connectivity index (χ3v) is 4.62. The van der Waals surface area contributed by atoms with Crippen LogP contribution in [0.3, 0.4) is 0 Å². The van der Waals surface area contributed by atoms with E-state index in [1.54, 1.807) is 0 Å². The molecule has 4 amide bonds. The number of rotatable bonds is 18. The predicted octanol–water partition coefficient (Wildman–Crippen LogP) is -4.07. The topological polar surface area (TPSA) is 284 Å². The van der Waals surface area contributed by atoms with Crippen LogP contribution in [-0.4, -0.2) is 78.4 Å². The van der Waals surface area contributed by atoms with Crippen molar-refractivity contribution in [2.75, 3.05) is 19.6 Å². The number of hydrogen-bond donors (Lipinski definition) is 9. The molecule has 0 aromatic rings. The van der Waals surface area contributed by atoms with E-state index in [2.05, 4.69) is 20.9 Å². The van der Waals surface area contributed by atoms with E-state index in [0.29, 0.717) is 25.8 Å². The van der Waals surface area contributed by atoms with Gasteiger partial charge in [-0.3, -0.25) is 24.2 Å². The highest BCUT2D eigenvalue weighted by molar-refractivity contribution is 5.92. The third-order valence-electron chi connectivity index (χ3n) is 4.62. The van der Waals surface area contributed by atoms with Crippen molar-refractivity contribution in [2.45, 2.75) is 63.1 Å². The van der Waals surface area contributed by atoms with Gasteiger partial charge in [0, 0.05) is 13.0 Å². The largest absolute Gasteiger partial charge is 0.480 e. The Morgan fingerprint density at radius 1 is 0.853 bits per heavy atom. The smallest absolute Gasteiger partial charge is 0.326 e. The molecule has 0 saturated heterocycles. The molecular weight excluding hydrogens is 450 g/mol. The zero-order chi connectivity index (χ0) is 26.1. The zero-order valence-electron chi connectivity index (χ0n) is 19.1. The first kappa shape index (κ1) is 30.5. The van der Waals surface area contributed by atoms with Crippen LogP contribution < -0.4 is 44.6 Å². The maximum Gasteiger partial charge on any atom is 0.326 e. The maximum atomic E-state index is 12.7. The summed E-state index contributed by atoms with van der Waals surface area (Å²) in [5.41, 5.74) is 26.6. The molecule has 0 spiro atoms. The van der Waals surface area contributed by atoms with Crippen molar-refractivity contribution >= 4 is 35.6 Å². The molecule has 3 unspecified atom stereocenters. The summed E-state index contributed by atoms with van der Waals surface area (Å²) in [7, 11) is 0. The maximum absolute atomic E-state index is 12.7. The van der Waals surface area contributed by atoms with E-state index in [1.165, 1.54) is 0 Å².